The van der Waals surface area contributed by atoms with Crippen LogP contribution in [0.5, 0.6) is 11.5 Å². The summed E-state index contributed by atoms with van der Waals surface area (Å²) in [7, 11) is 0. The second-order valence-corrected chi connectivity index (χ2v) is 9.61. The first-order valence-corrected chi connectivity index (χ1v) is 12.9. The molecular formula is C27H32N4O3S. The summed E-state index contributed by atoms with van der Waals surface area (Å²) in [5.74, 6) is 2.85. The van der Waals surface area contributed by atoms with E-state index < -0.39 is 6.04 Å². The number of nitrogens with zero attached hydrogens (tertiary/aromatic N) is 3. The molecule has 0 radical (unpaired) electrons. The number of aromatic nitrogens is 3. The number of carbonyl (C=O) groups is 1. The van der Waals surface area contributed by atoms with Gasteiger partial charge in [0.15, 0.2) is 17.3 Å². The Labute approximate surface area is 210 Å². The maximum absolute atomic E-state index is 12.7. The van der Waals surface area contributed by atoms with Gasteiger partial charge in [0.05, 0.1) is 6.61 Å². The fourth-order valence-electron chi connectivity index (χ4n) is 4.08. The van der Waals surface area contributed by atoms with Crippen LogP contribution in [0.1, 0.15) is 56.8 Å². The number of benzene rings is 2. The number of carbonyl (C=O) groups excluding carboxylic acids is 1. The number of allylic oxidation sites excluding steroid dienone is 2. The first-order chi connectivity index (χ1) is 16.9. The lowest BCUT2D eigenvalue weighted by Gasteiger charge is -2.28. The van der Waals surface area contributed by atoms with E-state index in [2.05, 4.69) is 48.4 Å². The first kappa shape index (κ1) is 24.9. The van der Waals surface area contributed by atoms with Crippen molar-refractivity contribution in [3.8, 4) is 11.5 Å². The van der Waals surface area contributed by atoms with Gasteiger partial charge in [-0.05, 0) is 57.4 Å². The van der Waals surface area contributed by atoms with E-state index in [1.54, 1.807) is 23.4 Å². The van der Waals surface area contributed by atoms with Crippen LogP contribution in [-0.4, -0.2) is 32.9 Å². The SMILES string of the molecule is CCCSc1nc2n(n1)C(c1ccc(OCc3ccc(C)cc3)c(OCC)c1)C(C(C)=O)=C(C)N2. The molecule has 0 aliphatic carbocycles. The molecule has 1 aliphatic rings. The van der Waals surface area contributed by atoms with Crippen molar-refractivity contribution in [2.75, 3.05) is 17.7 Å². The predicted octanol–water partition coefficient (Wildman–Crippen LogP) is 5.94. The van der Waals surface area contributed by atoms with E-state index in [4.69, 9.17) is 14.6 Å². The van der Waals surface area contributed by atoms with E-state index in [-0.39, 0.29) is 5.78 Å². The average molecular weight is 493 g/mol. The van der Waals surface area contributed by atoms with Crippen molar-refractivity contribution in [3.05, 3.63) is 70.4 Å². The quantitative estimate of drug-likeness (QED) is 0.351. The number of fused-ring (bicyclic) bond motifs is 1. The lowest BCUT2D eigenvalue weighted by atomic mass is 9.93. The maximum Gasteiger partial charge on any atom is 0.227 e. The summed E-state index contributed by atoms with van der Waals surface area (Å²) < 4.78 is 13.9. The third-order valence-corrected chi connectivity index (χ3v) is 6.79. The number of ether oxygens (including phenoxy) is 2. The van der Waals surface area contributed by atoms with Crippen LogP contribution in [0.3, 0.4) is 0 Å². The molecular weight excluding hydrogens is 460 g/mol. The number of nitrogens with one attached hydrogen (secondary N) is 1. The molecule has 2 heterocycles. The lowest BCUT2D eigenvalue weighted by Crippen LogP contribution is -2.27. The molecule has 35 heavy (non-hydrogen) atoms. The van der Waals surface area contributed by atoms with Gasteiger partial charge in [0.25, 0.3) is 0 Å². The molecule has 0 fully saturated rings. The van der Waals surface area contributed by atoms with E-state index in [1.807, 2.05) is 32.0 Å². The second-order valence-electron chi connectivity index (χ2n) is 8.55. The van der Waals surface area contributed by atoms with Gasteiger partial charge in [-0.15, -0.1) is 5.10 Å². The zero-order valence-electron chi connectivity index (χ0n) is 20.9. The number of aryl methyl sites for hydroxylation is 1. The number of Topliss-reactive ketones (excluding diaryl/α,β-unsaturated/α-hetero) is 1. The van der Waals surface area contributed by atoms with Gasteiger partial charge in [0, 0.05) is 17.0 Å². The highest BCUT2D eigenvalue weighted by atomic mass is 32.2. The fraction of sp³-hybridized carbons (Fsp3) is 0.370. The van der Waals surface area contributed by atoms with Crippen LogP contribution in [0.2, 0.25) is 0 Å². The van der Waals surface area contributed by atoms with Gasteiger partial charge in [-0.2, -0.15) is 4.98 Å². The Kier molecular flexibility index (Phi) is 7.80. The number of anilines is 1. The Morgan fingerprint density at radius 1 is 1.09 bits per heavy atom. The summed E-state index contributed by atoms with van der Waals surface area (Å²) in [5, 5.41) is 8.70. The number of rotatable bonds is 10. The number of hydrogen-bond acceptors (Lipinski definition) is 7. The minimum Gasteiger partial charge on any atom is -0.490 e. The molecule has 0 spiro atoms. The largest absolute Gasteiger partial charge is 0.490 e. The first-order valence-electron chi connectivity index (χ1n) is 11.9. The second kappa shape index (κ2) is 11.0. The lowest BCUT2D eigenvalue weighted by molar-refractivity contribution is -0.114. The Balaban J connectivity index is 1.69. The summed E-state index contributed by atoms with van der Waals surface area (Å²) in [5.41, 5.74) is 4.63. The van der Waals surface area contributed by atoms with Crippen LogP contribution >= 0.6 is 11.8 Å². The molecule has 3 aromatic rings. The smallest absolute Gasteiger partial charge is 0.227 e. The van der Waals surface area contributed by atoms with Crippen LogP contribution in [0.15, 0.2) is 58.9 Å². The van der Waals surface area contributed by atoms with Crippen molar-refractivity contribution in [1.29, 1.82) is 0 Å². The van der Waals surface area contributed by atoms with Crippen LogP contribution in [0.25, 0.3) is 0 Å². The number of hydrogen-bond donors (Lipinski definition) is 1. The third kappa shape index (κ3) is 5.53. The Bertz CT molecular complexity index is 1230. The molecule has 2 aromatic carbocycles. The molecule has 1 aromatic heterocycles. The van der Waals surface area contributed by atoms with E-state index in [9.17, 15) is 4.79 Å². The van der Waals surface area contributed by atoms with Gasteiger partial charge in [0.2, 0.25) is 11.1 Å². The standard InChI is InChI=1S/C27H32N4O3S/c1-6-14-35-27-29-26-28-18(4)24(19(5)32)25(31(26)30-27)21-12-13-22(23(15-21)33-7-2)34-16-20-10-8-17(3)9-11-20/h8-13,15,25H,6-7,14,16H2,1-5H3,(H,28,29,30). The summed E-state index contributed by atoms with van der Waals surface area (Å²) in [6.07, 6.45) is 1.03. The summed E-state index contributed by atoms with van der Waals surface area (Å²) >= 11 is 1.61. The molecule has 4 rings (SSSR count). The molecule has 1 aliphatic heterocycles. The third-order valence-electron chi connectivity index (χ3n) is 5.75. The normalized spacial score (nSPS) is 14.9. The van der Waals surface area contributed by atoms with Crippen LogP contribution in [0.4, 0.5) is 5.95 Å². The average Bonchev–Trinajstić information content (AvgIpc) is 3.24. The molecule has 0 saturated carbocycles. The Hall–Kier alpha value is -3.26. The van der Waals surface area contributed by atoms with Crippen LogP contribution in [0, 0.1) is 6.92 Å². The van der Waals surface area contributed by atoms with E-state index in [0.29, 0.717) is 41.4 Å². The van der Waals surface area contributed by atoms with E-state index in [0.717, 1.165) is 29.0 Å². The van der Waals surface area contributed by atoms with Gasteiger partial charge >= 0.3 is 0 Å². The minimum absolute atomic E-state index is 0.0124. The van der Waals surface area contributed by atoms with Crippen LogP contribution < -0.4 is 14.8 Å². The molecule has 1 N–H and O–H groups in total. The molecule has 1 atom stereocenters. The molecule has 0 bridgehead atoms. The van der Waals surface area contributed by atoms with Gasteiger partial charge in [-0.25, -0.2) is 4.68 Å². The zero-order chi connectivity index (χ0) is 24.9. The minimum atomic E-state index is -0.405. The van der Waals surface area contributed by atoms with E-state index >= 15 is 0 Å². The Morgan fingerprint density at radius 3 is 2.54 bits per heavy atom. The van der Waals surface area contributed by atoms with Gasteiger partial charge in [-0.1, -0.05) is 54.6 Å². The predicted molar refractivity (Wildman–Crippen MR) is 139 cm³/mol. The maximum atomic E-state index is 12.7. The molecule has 0 saturated heterocycles. The summed E-state index contributed by atoms with van der Waals surface area (Å²) in [6, 6.07) is 13.7. The van der Waals surface area contributed by atoms with Gasteiger partial charge in [0.1, 0.15) is 12.6 Å². The van der Waals surface area contributed by atoms with Crippen molar-refractivity contribution in [3.63, 3.8) is 0 Å². The molecule has 8 heteroatoms. The molecule has 1 unspecified atom stereocenters. The highest BCUT2D eigenvalue weighted by molar-refractivity contribution is 7.99. The topological polar surface area (TPSA) is 78.3 Å². The summed E-state index contributed by atoms with van der Waals surface area (Å²) in [6.45, 7) is 10.6. The van der Waals surface area contributed by atoms with Crippen molar-refractivity contribution < 1.29 is 14.3 Å². The van der Waals surface area contributed by atoms with Crippen molar-refractivity contribution in [2.45, 2.75) is 58.8 Å². The van der Waals surface area contributed by atoms with E-state index in [1.165, 1.54) is 5.56 Å². The fourth-order valence-corrected chi connectivity index (χ4v) is 4.76. The Morgan fingerprint density at radius 2 is 1.86 bits per heavy atom. The number of ketones is 1. The van der Waals surface area contributed by atoms with Crippen molar-refractivity contribution in [2.24, 2.45) is 0 Å². The van der Waals surface area contributed by atoms with Crippen LogP contribution in [-0.2, 0) is 11.4 Å². The number of thioether (sulfide) groups is 1. The van der Waals surface area contributed by atoms with Crippen molar-refractivity contribution in [1.82, 2.24) is 14.8 Å². The molecule has 184 valence electrons. The highest BCUT2D eigenvalue weighted by Crippen LogP contribution is 2.40. The monoisotopic (exact) mass is 492 g/mol. The van der Waals surface area contributed by atoms with Crippen molar-refractivity contribution >= 4 is 23.5 Å². The highest BCUT2D eigenvalue weighted by Gasteiger charge is 2.33. The van der Waals surface area contributed by atoms with Gasteiger partial charge in [-0.3, -0.25) is 4.79 Å². The molecule has 0 amide bonds. The summed E-state index contributed by atoms with van der Waals surface area (Å²) in [4.78, 5) is 17.4. The molecule has 7 nitrogen and oxygen atoms in total. The van der Waals surface area contributed by atoms with Gasteiger partial charge < -0.3 is 14.8 Å². The zero-order valence-corrected chi connectivity index (χ0v) is 21.7.